The molecule has 0 aromatic rings. The average molecular weight is 438 g/mol. The molecule has 4 fully saturated rings. The number of hydrogen-bond acceptors (Lipinski definition) is 4. The van der Waals surface area contributed by atoms with E-state index in [4.69, 9.17) is 7.80 Å². The van der Waals surface area contributed by atoms with Gasteiger partial charge in [-0.15, -0.1) is 0 Å². The lowest BCUT2D eigenvalue weighted by Gasteiger charge is -2.31. The molecular formula is C17H28FIN2O2. The second kappa shape index (κ2) is 6.67. The Labute approximate surface area is 152 Å². The van der Waals surface area contributed by atoms with Crippen molar-refractivity contribution >= 4 is 23.0 Å². The summed E-state index contributed by atoms with van der Waals surface area (Å²) in [6.45, 7) is 6.41. The molecule has 0 amide bonds. The van der Waals surface area contributed by atoms with Gasteiger partial charge in [-0.05, 0) is 51.1 Å². The van der Waals surface area contributed by atoms with Crippen LogP contribution in [0.1, 0.15) is 38.5 Å². The van der Waals surface area contributed by atoms with Crippen molar-refractivity contribution in [2.24, 2.45) is 5.92 Å². The van der Waals surface area contributed by atoms with Gasteiger partial charge in [0.05, 0.1) is 19.8 Å². The second-order valence-electron chi connectivity index (χ2n) is 8.19. The summed E-state index contributed by atoms with van der Waals surface area (Å²) >= 11 is 2.03. The zero-order valence-corrected chi connectivity index (χ0v) is 16.0. The van der Waals surface area contributed by atoms with Gasteiger partial charge in [-0.25, -0.2) is 4.39 Å². The highest BCUT2D eigenvalue weighted by molar-refractivity contribution is 14.1. The minimum Gasteiger partial charge on any atom is -0.379 e. The Bertz CT molecular complexity index is 443. The van der Waals surface area contributed by atoms with E-state index in [2.05, 4.69) is 9.80 Å². The van der Waals surface area contributed by atoms with Gasteiger partial charge >= 0.3 is 0 Å². The van der Waals surface area contributed by atoms with Crippen molar-refractivity contribution in [1.29, 1.82) is 0 Å². The summed E-state index contributed by atoms with van der Waals surface area (Å²) in [7, 11) is 0. The third-order valence-electron chi connectivity index (χ3n) is 6.70. The first-order valence-electron chi connectivity index (χ1n) is 9.11. The molecule has 0 aromatic heterocycles. The molecule has 0 saturated carbocycles. The topological polar surface area (TPSA) is 24.9 Å². The molecule has 4 atom stereocenters. The van der Waals surface area contributed by atoms with E-state index in [1.165, 1.54) is 32.2 Å². The van der Waals surface area contributed by atoms with Gasteiger partial charge in [0.15, 0.2) is 0 Å². The Morgan fingerprint density at radius 2 is 1.70 bits per heavy atom. The zero-order chi connectivity index (χ0) is 15.9. The van der Waals surface area contributed by atoms with Crippen LogP contribution in [0.3, 0.4) is 0 Å². The Hall–Kier alpha value is 0.500. The van der Waals surface area contributed by atoms with Crippen LogP contribution < -0.4 is 0 Å². The lowest BCUT2D eigenvalue weighted by Crippen LogP contribution is -2.42. The van der Waals surface area contributed by atoms with Crippen molar-refractivity contribution in [3.8, 4) is 0 Å². The number of hydrogen-bond donors (Lipinski definition) is 0. The van der Waals surface area contributed by atoms with E-state index in [0.717, 1.165) is 39.3 Å². The van der Waals surface area contributed by atoms with Crippen LogP contribution in [0.5, 0.6) is 0 Å². The van der Waals surface area contributed by atoms with Crippen LogP contribution in [0.25, 0.3) is 0 Å². The lowest BCUT2D eigenvalue weighted by atomic mass is 9.91. The highest BCUT2D eigenvalue weighted by Crippen LogP contribution is 2.43. The molecule has 6 heteroatoms. The number of nitrogens with zero attached hydrogens (tertiary/aromatic N) is 2. The number of ether oxygens (including phenoxy) is 1. The summed E-state index contributed by atoms with van der Waals surface area (Å²) in [5.41, 5.74) is 0.279. The van der Waals surface area contributed by atoms with Crippen LogP contribution in [0.4, 0.5) is 4.39 Å². The van der Waals surface area contributed by atoms with Crippen molar-refractivity contribution in [2.45, 2.75) is 55.8 Å². The quantitative estimate of drug-likeness (QED) is 0.596. The molecule has 4 unspecified atom stereocenters. The van der Waals surface area contributed by atoms with E-state index in [0.29, 0.717) is 18.9 Å². The molecule has 4 rings (SSSR count). The highest BCUT2D eigenvalue weighted by Gasteiger charge is 2.50. The van der Waals surface area contributed by atoms with Crippen LogP contribution in [0.15, 0.2) is 0 Å². The Morgan fingerprint density at radius 1 is 1.00 bits per heavy atom. The summed E-state index contributed by atoms with van der Waals surface area (Å²) in [5.74, 6) is 0.607. The predicted octanol–water partition coefficient (Wildman–Crippen LogP) is 2.80. The van der Waals surface area contributed by atoms with Gasteiger partial charge < -0.3 is 7.80 Å². The molecule has 4 aliphatic rings. The monoisotopic (exact) mass is 438 g/mol. The number of rotatable bonds is 6. The number of halogens is 2. The average Bonchev–Trinajstić information content (AvgIpc) is 3.17. The van der Waals surface area contributed by atoms with Gasteiger partial charge in [0, 0.05) is 30.6 Å². The van der Waals surface area contributed by atoms with Crippen molar-refractivity contribution in [1.82, 2.24) is 9.80 Å². The number of fused-ring (bicyclic) bond motifs is 2. The number of alkyl halides is 1. The summed E-state index contributed by atoms with van der Waals surface area (Å²) in [5, 5.41) is 0. The molecule has 132 valence electrons. The minimum absolute atomic E-state index is 0.0111. The Kier molecular flexibility index (Phi) is 4.91. The van der Waals surface area contributed by atoms with E-state index in [1.807, 2.05) is 23.0 Å². The smallest absolute Gasteiger partial charge is 0.115 e. The zero-order valence-electron chi connectivity index (χ0n) is 13.8. The summed E-state index contributed by atoms with van der Waals surface area (Å²) in [4.78, 5) is 4.96. The minimum atomic E-state index is -0.653. The van der Waals surface area contributed by atoms with E-state index >= 15 is 0 Å². The summed E-state index contributed by atoms with van der Waals surface area (Å²) in [6, 6.07) is 0. The molecule has 0 spiro atoms. The maximum absolute atomic E-state index is 13.8. The molecule has 0 N–H and O–H groups in total. The van der Waals surface area contributed by atoms with Crippen LogP contribution in [-0.4, -0.2) is 73.0 Å². The fraction of sp³-hybridized carbons (Fsp3) is 1.00. The molecular weight excluding hydrogens is 410 g/mol. The molecule has 4 heterocycles. The first kappa shape index (κ1) is 16.9. The van der Waals surface area contributed by atoms with E-state index < -0.39 is 6.17 Å². The Balaban J connectivity index is 1.29. The van der Waals surface area contributed by atoms with Crippen molar-refractivity contribution in [3.05, 3.63) is 0 Å². The van der Waals surface area contributed by atoms with Crippen LogP contribution in [0.2, 0.25) is 0 Å². The van der Waals surface area contributed by atoms with Crippen molar-refractivity contribution in [3.63, 3.8) is 0 Å². The second-order valence-corrected chi connectivity index (χ2v) is 8.81. The predicted molar refractivity (Wildman–Crippen MR) is 95.5 cm³/mol. The third-order valence-corrected chi connectivity index (χ3v) is 7.01. The third kappa shape index (κ3) is 3.07. The SMILES string of the molecule is FC1CN2CCCC2(COCC2CN3CCCC3(COI)C2)C1. The largest absolute Gasteiger partial charge is 0.379 e. The van der Waals surface area contributed by atoms with E-state index in [9.17, 15) is 4.39 Å². The van der Waals surface area contributed by atoms with E-state index in [-0.39, 0.29) is 11.1 Å². The molecule has 0 aliphatic carbocycles. The molecule has 0 aromatic carbocycles. The van der Waals surface area contributed by atoms with Crippen molar-refractivity contribution in [2.75, 3.05) is 46.0 Å². The fourth-order valence-electron chi connectivity index (χ4n) is 5.72. The van der Waals surface area contributed by atoms with Crippen LogP contribution in [-0.2, 0) is 7.80 Å². The molecule has 4 saturated heterocycles. The first-order chi connectivity index (χ1) is 11.2. The maximum atomic E-state index is 13.8. The van der Waals surface area contributed by atoms with Crippen molar-refractivity contribution < 1.29 is 12.2 Å². The normalized spacial score (nSPS) is 44.1. The van der Waals surface area contributed by atoms with Gasteiger partial charge in [-0.1, -0.05) is 0 Å². The maximum Gasteiger partial charge on any atom is 0.115 e. The summed E-state index contributed by atoms with van der Waals surface area (Å²) in [6.07, 6.45) is 6.08. The van der Waals surface area contributed by atoms with Gasteiger partial charge in [0.25, 0.3) is 0 Å². The van der Waals surface area contributed by atoms with Crippen LogP contribution >= 0.6 is 23.0 Å². The van der Waals surface area contributed by atoms with E-state index in [1.54, 1.807) is 0 Å². The van der Waals surface area contributed by atoms with Gasteiger partial charge in [-0.2, -0.15) is 0 Å². The van der Waals surface area contributed by atoms with Crippen LogP contribution in [0, 0.1) is 5.92 Å². The Morgan fingerprint density at radius 3 is 2.43 bits per heavy atom. The molecule has 4 aliphatic heterocycles. The molecule has 23 heavy (non-hydrogen) atoms. The molecule has 4 nitrogen and oxygen atoms in total. The molecule has 0 radical (unpaired) electrons. The standard InChI is InChI=1S/C17H28FIN2O2/c18-15-8-17(4-2-6-21(17)10-15)12-22-11-14-7-16(13-23-19)3-1-5-20(16)9-14/h14-15H,1-13H2. The van der Waals surface area contributed by atoms with Gasteiger partial charge in [0.2, 0.25) is 0 Å². The van der Waals surface area contributed by atoms with Gasteiger partial charge in [0.1, 0.15) is 29.2 Å². The fourth-order valence-corrected chi connectivity index (χ4v) is 6.30. The summed E-state index contributed by atoms with van der Waals surface area (Å²) < 4.78 is 25.4. The van der Waals surface area contributed by atoms with Gasteiger partial charge in [-0.3, -0.25) is 9.80 Å². The molecule has 0 bridgehead atoms. The first-order valence-corrected chi connectivity index (χ1v) is 9.99. The lowest BCUT2D eigenvalue weighted by molar-refractivity contribution is 0.0194. The highest BCUT2D eigenvalue weighted by atomic mass is 127.